The number of aliphatic hydroxyl groups excluding tert-OH is 1. The molecule has 2 atom stereocenters. The Morgan fingerprint density at radius 1 is 1.55 bits per heavy atom. The van der Waals surface area contributed by atoms with Gasteiger partial charge in [0.05, 0.1) is 18.8 Å². The lowest BCUT2D eigenvalue weighted by atomic mass is 10.1. The number of epoxide rings is 1. The molecule has 0 aromatic heterocycles. The van der Waals surface area contributed by atoms with Crippen LogP contribution in [-0.4, -0.2) is 23.9 Å². The second-order valence-electron chi connectivity index (χ2n) is 3.34. The summed E-state index contributed by atoms with van der Waals surface area (Å²) in [5, 5.41) is 9.41. The van der Waals surface area contributed by atoms with Gasteiger partial charge in [-0.3, -0.25) is 0 Å². The third-order valence-corrected chi connectivity index (χ3v) is 2.08. The van der Waals surface area contributed by atoms with Crippen LogP contribution in [0, 0.1) is 0 Å². The van der Waals surface area contributed by atoms with E-state index >= 15 is 0 Å². The molecule has 0 unspecified atom stereocenters. The minimum absolute atomic E-state index is 0.117. The second kappa shape index (κ2) is 4.73. The molecule has 66 valence electrons. The van der Waals surface area contributed by atoms with Crippen LogP contribution in [0.15, 0.2) is 0 Å². The van der Waals surface area contributed by atoms with E-state index in [1.54, 1.807) is 0 Å². The van der Waals surface area contributed by atoms with E-state index in [0.29, 0.717) is 6.10 Å². The zero-order valence-electron chi connectivity index (χ0n) is 7.25. The molecule has 0 spiro atoms. The molecule has 1 N–H and O–H groups in total. The predicted octanol–water partition coefficient (Wildman–Crippen LogP) is 1.72. The topological polar surface area (TPSA) is 32.8 Å². The van der Waals surface area contributed by atoms with Gasteiger partial charge in [0.25, 0.3) is 0 Å². The molecule has 0 saturated carbocycles. The van der Waals surface area contributed by atoms with Crippen LogP contribution in [0.25, 0.3) is 0 Å². The first-order valence-electron chi connectivity index (χ1n) is 4.62. The predicted molar refractivity (Wildman–Crippen MR) is 44.5 cm³/mol. The van der Waals surface area contributed by atoms with Crippen molar-refractivity contribution < 1.29 is 9.84 Å². The zero-order chi connectivity index (χ0) is 8.10. The molecule has 1 heterocycles. The van der Waals surface area contributed by atoms with E-state index in [9.17, 15) is 5.11 Å². The fourth-order valence-electron chi connectivity index (χ4n) is 1.26. The van der Waals surface area contributed by atoms with Crippen LogP contribution in [0.2, 0.25) is 0 Å². The van der Waals surface area contributed by atoms with E-state index in [1.807, 2.05) is 0 Å². The quantitative estimate of drug-likeness (QED) is 0.471. The molecule has 0 bridgehead atoms. The van der Waals surface area contributed by atoms with E-state index in [1.165, 1.54) is 12.8 Å². The highest BCUT2D eigenvalue weighted by atomic mass is 16.6. The minimum atomic E-state index is -0.117. The highest BCUT2D eigenvalue weighted by Gasteiger charge is 2.25. The maximum Gasteiger partial charge on any atom is 0.0834 e. The SMILES string of the molecule is CCCCC[C@H](O)C[C@@H]1CO1. The van der Waals surface area contributed by atoms with Gasteiger partial charge >= 0.3 is 0 Å². The average Bonchev–Trinajstić information content (AvgIpc) is 2.72. The lowest BCUT2D eigenvalue weighted by Crippen LogP contribution is -2.09. The van der Waals surface area contributed by atoms with Crippen molar-refractivity contribution in [1.29, 1.82) is 0 Å². The van der Waals surface area contributed by atoms with Crippen LogP contribution in [-0.2, 0) is 4.74 Å². The third kappa shape index (κ3) is 4.38. The molecule has 0 amide bonds. The lowest BCUT2D eigenvalue weighted by molar-refractivity contribution is 0.139. The fraction of sp³-hybridized carbons (Fsp3) is 1.00. The van der Waals surface area contributed by atoms with Crippen molar-refractivity contribution in [3.8, 4) is 0 Å². The summed E-state index contributed by atoms with van der Waals surface area (Å²) in [6.45, 7) is 3.04. The first kappa shape index (κ1) is 9.01. The summed E-state index contributed by atoms with van der Waals surface area (Å²) in [4.78, 5) is 0. The summed E-state index contributed by atoms with van der Waals surface area (Å²) in [5.41, 5.74) is 0. The largest absolute Gasteiger partial charge is 0.393 e. The van der Waals surface area contributed by atoms with Crippen molar-refractivity contribution >= 4 is 0 Å². The highest BCUT2D eigenvalue weighted by Crippen LogP contribution is 2.18. The molecular formula is C9H18O2. The second-order valence-corrected chi connectivity index (χ2v) is 3.34. The number of hydrogen-bond donors (Lipinski definition) is 1. The monoisotopic (exact) mass is 158 g/mol. The molecule has 11 heavy (non-hydrogen) atoms. The normalized spacial score (nSPS) is 25.1. The molecule has 2 nitrogen and oxygen atoms in total. The maximum absolute atomic E-state index is 9.41. The number of ether oxygens (including phenoxy) is 1. The number of unbranched alkanes of at least 4 members (excludes halogenated alkanes) is 2. The van der Waals surface area contributed by atoms with Gasteiger partial charge in [0.2, 0.25) is 0 Å². The van der Waals surface area contributed by atoms with Crippen LogP contribution >= 0.6 is 0 Å². The number of rotatable bonds is 6. The summed E-state index contributed by atoms with van der Waals surface area (Å²) in [6, 6.07) is 0. The summed E-state index contributed by atoms with van der Waals surface area (Å²) in [5.74, 6) is 0. The van der Waals surface area contributed by atoms with Gasteiger partial charge in [-0.05, 0) is 6.42 Å². The van der Waals surface area contributed by atoms with Crippen LogP contribution < -0.4 is 0 Å². The standard InChI is InChI=1S/C9H18O2/c1-2-3-4-5-8(10)6-9-7-11-9/h8-10H,2-7H2,1H3/t8-,9+/m0/s1. The van der Waals surface area contributed by atoms with Crippen LogP contribution in [0.1, 0.15) is 39.0 Å². The van der Waals surface area contributed by atoms with Crippen molar-refractivity contribution in [3.05, 3.63) is 0 Å². The summed E-state index contributed by atoms with van der Waals surface area (Å²) in [6.07, 6.45) is 5.69. The summed E-state index contributed by atoms with van der Waals surface area (Å²) in [7, 11) is 0. The Morgan fingerprint density at radius 2 is 2.27 bits per heavy atom. The minimum Gasteiger partial charge on any atom is -0.393 e. The van der Waals surface area contributed by atoms with E-state index in [4.69, 9.17) is 4.74 Å². The zero-order valence-corrected chi connectivity index (χ0v) is 7.25. The van der Waals surface area contributed by atoms with Gasteiger partial charge in [-0.1, -0.05) is 26.2 Å². The Kier molecular flexibility index (Phi) is 3.87. The van der Waals surface area contributed by atoms with E-state index in [-0.39, 0.29) is 6.10 Å². The van der Waals surface area contributed by atoms with E-state index in [0.717, 1.165) is 25.9 Å². The van der Waals surface area contributed by atoms with Crippen molar-refractivity contribution in [3.63, 3.8) is 0 Å². The fourth-order valence-corrected chi connectivity index (χ4v) is 1.26. The van der Waals surface area contributed by atoms with Gasteiger partial charge in [-0.25, -0.2) is 0 Å². The summed E-state index contributed by atoms with van der Waals surface area (Å²) >= 11 is 0. The van der Waals surface area contributed by atoms with Gasteiger partial charge in [0.1, 0.15) is 0 Å². The molecule has 0 radical (unpaired) electrons. The Balaban J connectivity index is 1.87. The molecule has 1 aliphatic heterocycles. The van der Waals surface area contributed by atoms with Crippen molar-refractivity contribution in [2.45, 2.75) is 51.2 Å². The highest BCUT2D eigenvalue weighted by molar-refractivity contribution is 4.73. The maximum atomic E-state index is 9.41. The van der Waals surface area contributed by atoms with Crippen molar-refractivity contribution in [2.24, 2.45) is 0 Å². The summed E-state index contributed by atoms with van der Waals surface area (Å²) < 4.78 is 5.03. The molecule has 2 heteroatoms. The van der Waals surface area contributed by atoms with Crippen LogP contribution in [0.5, 0.6) is 0 Å². The molecule has 1 aliphatic rings. The van der Waals surface area contributed by atoms with Gasteiger partial charge in [-0.15, -0.1) is 0 Å². The van der Waals surface area contributed by atoms with E-state index < -0.39 is 0 Å². The molecule has 0 aromatic rings. The number of hydrogen-bond acceptors (Lipinski definition) is 2. The van der Waals surface area contributed by atoms with Gasteiger partial charge < -0.3 is 9.84 Å². The Bertz CT molecular complexity index is 99.7. The molecule has 1 fully saturated rings. The molecule has 0 aromatic carbocycles. The van der Waals surface area contributed by atoms with Crippen molar-refractivity contribution in [1.82, 2.24) is 0 Å². The Labute approximate surface area is 68.6 Å². The third-order valence-electron chi connectivity index (χ3n) is 2.08. The Morgan fingerprint density at radius 3 is 2.82 bits per heavy atom. The Hall–Kier alpha value is -0.0800. The van der Waals surface area contributed by atoms with Crippen molar-refractivity contribution in [2.75, 3.05) is 6.61 Å². The number of aliphatic hydroxyl groups is 1. The first-order valence-corrected chi connectivity index (χ1v) is 4.62. The average molecular weight is 158 g/mol. The molecule has 1 saturated heterocycles. The smallest absolute Gasteiger partial charge is 0.0834 e. The first-order chi connectivity index (χ1) is 5.33. The van der Waals surface area contributed by atoms with Crippen LogP contribution in [0.4, 0.5) is 0 Å². The molecule has 1 rings (SSSR count). The molecular weight excluding hydrogens is 140 g/mol. The van der Waals surface area contributed by atoms with Crippen LogP contribution in [0.3, 0.4) is 0 Å². The van der Waals surface area contributed by atoms with Gasteiger partial charge in [0.15, 0.2) is 0 Å². The van der Waals surface area contributed by atoms with E-state index in [2.05, 4.69) is 6.92 Å². The van der Waals surface area contributed by atoms with Gasteiger partial charge in [-0.2, -0.15) is 0 Å². The molecule has 0 aliphatic carbocycles. The van der Waals surface area contributed by atoms with Gasteiger partial charge in [0, 0.05) is 6.42 Å². The lowest BCUT2D eigenvalue weighted by Gasteiger charge is -2.06.